The third-order valence-electron chi connectivity index (χ3n) is 4.41. The Balaban J connectivity index is 2.24. The van der Waals surface area contributed by atoms with E-state index in [9.17, 15) is 18.5 Å². The SMILES string of the molecule is CCC(c1ccc2ncccc2c1[N+](=O)[O-])S(=O)(=O)c1ccc(C)cc1. The second-order valence-corrected chi connectivity index (χ2v) is 8.22. The zero-order chi connectivity index (χ0) is 18.9. The maximum Gasteiger partial charge on any atom is 0.283 e. The van der Waals surface area contributed by atoms with Gasteiger partial charge in [0.05, 0.1) is 26.0 Å². The van der Waals surface area contributed by atoms with Crippen LogP contribution >= 0.6 is 0 Å². The molecule has 0 spiro atoms. The van der Waals surface area contributed by atoms with Gasteiger partial charge in [-0.2, -0.15) is 0 Å². The highest BCUT2D eigenvalue weighted by atomic mass is 32.2. The first-order valence-electron chi connectivity index (χ1n) is 8.19. The number of aryl methyl sites for hydroxylation is 1. The molecule has 0 fully saturated rings. The average Bonchev–Trinajstić information content (AvgIpc) is 2.62. The summed E-state index contributed by atoms with van der Waals surface area (Å²) in [6, 6.07) is 12.9. The van der Waals surface area contributed by atoms with E-state index in [2.05, 4.69) is 4.98 Å². The Kier molecular flexibility index (Phi) is 4.73. The molecule has 0 aliphatic rings. The Morgan fingerprint density at radius 3 is 2.42 bits per heavy atom. The number of nitrogens with zero attached hydrogens (tertiary/aromatic N) is 2. The molecule has 3 rings (SSSR count). The van der Waals surface area contributed by atoms with Crippen LogP contribution in [0.5, 0.6) is 0 Å². The molecular formula is C19H18N2O4S. The summed E-state index contributed by atoms with van der Waals surface area (Å²) < 4.78 is 26.3. The Labute approximate surface area is 151 Å². The maximum absolute atomic E-state index is 13.1. The molecule has 134 valence electrons. The van der Waals surface area contributed by atoms with Gasteiger partial charge in [-0.25, -0.2) is 8.42 Å². The van der Waals surface area contributed by atoms with E-state index in [-0.39, 0.29) is 22.6 Å². The van der Waals surface area contributed by atoms with Gasteiger partial charge >= 0.3 is 0 Å². The topological polar surface area (TPSA) is 90.2 Å². The molecule has 0 radical (unpaired) electrons. The van der Waals surface area contributed by atoms with Gasteiger partial charge in [0, 0.05) is 11.8 Å². The quantitative estimate of drug-likeness (QED) is 0.491. The Bertz CT molecular complexity index is 1080. The molecule has 0 aliphatic heterocycles. The summed E-state index contributed by atoms with van der Waals surface area (Å²) >= 11 is 0. The predicted octanol–water partition coefficient (Wildman–Crippen LogP) is 4.38. The van der Waals surface area contributed by atoms with Crippen LogP contribution in [0.15, 0.2) is 59.6 Å². The van der Waals surface area contributed by atoms with E-state index in [4.69, 9.17) is 0 Å². The van der Waals surface area contributed by atoms with E-state index in [1.807, 2.05) is 6.92 Å². The molecule has 1 heterocycles. The summed E-state index contributed by atoms with van der Waals surface area (Å²) in [5, 5.41) is 11.1. The minimum Gasteiger partial charge on any atom is -0.258 e. The van der Waals surface area contributed by atoms with Gasteiger partial charge in [-0.15, -0.1) is 0 Å². The number of rotatable bonds is 5. The summed E-state index contributed by atoms with van der Waals surface area (Å²) in [7, 11) is -3.77. The highest BCUT2D eigenvalue weighted by molar-refractivity contribution is 7.91. The standard InChI is InChI=1S/C19H18N2O4S/c1-3-18(26(24,25)14-8-6-13(2)7-9-14)16-10-11-17-15(5-4-12-20-17)19(16)21(22)23/h4-12,18H,3H2,1-2H3. The van der Waals surface area contributed by atoms with Gasteiger partial charge in [0.1, 0.15) is 0 Å². The number of aromatic nitrogens is 1. The van der Waals surface area contributed by atoms with Gasteiger partial charge in [0.25, 0.3) is 5.69 Å². The fourth-order valence-corrected chi connectivity index (χ4v) is 4.92. The van der Waals surface area contributed by atoms with Crippen LogP contribution in [0.4, 0.5) is 5.69 Å². The summed E-state index contributed by atoms with van der Waals surface area (Å²) in [5.74, 6) is 0. The van der Waals surface area contributed by atoms with Crippen LogP contribution in [-0.4, -0.2) is 18.3 Å². The van der Waals surface area contributed by atoms with Crippen molar-refractivity contribution < 1.29 is 13.3 Å². The zero-order valence-electron chi connectivity index (χ0n) is 14.4. The van der Waals surface area contributed by atoms with Gasteiger partial charge in [-0.1, -0.05) is 24.6 Å². The van der Waals surface area contributed by atoms with E-state index in [0.29, 0.717) is 10.9 Å². The van der Waals surface area contributed by atoms with Crippen LogP contribution in [0, 0.1) is 17.0 Å². The van der Waals surface area contributed by atoms with E-state index in [0.717, 1.165) is 5.56 Å². The fourth-order valence-electron chi connectivity index (χ4n) is 3.12. The van der Waals surface area contributed by atoms with Crippen molar-refractivity contribution in [2.24, 2.45) is 0 Å². The summed E-state index contributed by atoms with van der Waals surface area (Å²) in [4.78, 5) is 15.5. The fraction of sp³-hybridized carbons (Fsp3) is 0.211. The van der Waals surface area contributed by atoms with Crippen molar-refractivity contribution in [3.63, 3.8) is 0 Å². The van der Waals surface area contributed by atoms with Gasteiger partial charge in [0.15, 0.2) is 9.84 Å². The number of hydrogen-bond acceptors (Lipinski definition) is 5. The Morgan fingerprint density at radius 2 is 1.81 bits per heavy atom. The molecule has 0 amide bonds. The number of hydrogen-bond donors (Lipinski definition) is 0. The van der Waals surface area contributed by atoms with Crippen molar-refractivity contribution in [3.05, 3.63) is 76.0 Å². The molecule has 2 aromatic carbocycles. The number of nitro groups is 1. The van der Waals surface area contributed by atoms with Crippen LogP contribution in [0.1, 0.15) is 29.7 Å². The van der Waals surface area contributed by atoms with E-state index >= 15 is 0 Å². The van der Waals surface area contributed by atoms with E-state index < -0.39 is 20.0 Å². The first kappa shape index (κ1) is 18.0. The maximum atomic E-state index is 13.1. The number of benzene rings is 2. The molecule has 0 bridgehead atoms. The molecule has 3 aromatic rings. The monoisotopic (exact) mass is 370 g/mol. The number of fused-ring (bicyclic) bond motifs is 1. The normalized spacial score (nSPS) is 12.8. The molecule has 0 aliphatic carbocycles. The highest BCUT2D eigenvalue weighted by Crippen LogP contribution is 2.39. The first-order valence-corrected chi connectivity index (χ1v) is 9.73. The van der Waals surface area contributed by atoms with Crippen molar-refractivity contribution in [3.8, 4) is 0 Å². The summed E-state index contributed by atoms with van der Waals surface area (Å²) in [6.45, 7) is 3.59. The molecular weight excluding hydrogens is 352 g/mol. The first-order chi connectivity index (χ1) is 12.4. The summed E-state index contributed by atoms with van der Waals surface area (Å²) in [6.07, 6.45) is 1.77. The van der Waals surface area contributed by atoms with Crippen LogP contribution in [0.3, 0.4) is 0 Å². The Hall–Kier alpha value is -2.80. The van der Waals surface area contributed by atoms with Crippen LogP contribution < -0.4 is 0 Å². The van der Waals surface area contributed by atoms with E-state index in [1.165, 1.54) is 6.07 Å². The summed E-state index contributed by atoms with van der Waals surface area (Å²) in [5.41, 5.74) is 1.40. The zero-order valence-corrected chi connectivity index (χ0v) is 15.2. The van der Waals surface area contributed by atoms with Gasteiger partial charge in [0.2, 0.25) is 0 Å². The minimum absolute atomic E-state index is 0.163. The molecule has 0 saturated heterocycles. The second kappa shape index (κ2) is 6.84. The van der Waals surface area contributed by atoms with Crippen molar-refractivity contribution in [2.45, 2.75) is 30.4 Å². The van der Waals surface area contributed by atoms with E-state index in [1.54, 1.807) is 55.6 Å². The molecule has 1 atom stereocenters. The second-order valence-electron chi connectivity index (χ2n) is 6.09. The molecule has 0 N–H and O–H groups in total. The molecule has 26 heavy (non-hydrogen) atoms. The van der Waals surface area contributed by atoms with Gasteiger partial charge in [-0.3, -0.25) is 15.1 Å². The van der Waals surface area contributed by atoms with Crippen molar-refractivity contribution in [1.82, 2.24) is 4.98 Å². The lowest BCUT2D eigenvalue weighted by atomic mass is 10.0. The lowest BCUT2D eigenvalue weighted by Gasteiger charge is -2.17. The largest absolute Gasteiger partial charge is 0.283 e. The predicted molar refractivity (Wildman–Crippen MR) is 99.8 cm³/mol. The number of nitro benzene ring substituents is 1. The van der Waals surface area contributed by atoms with Crippen molar-refractivity contribution >= 4 is 26.4 Å². The Morgan fingerprint density at radius 1 is 1.12 bits per heavy atom. The third-order valence-corrected chi connectivity index (χ3v) is 6.68. The lowest BCUT2D eigenvalue weighted by Crippen LogP contribution is -2.15. The van der Waals surface area contributed by atoms with Gasteiger partial charge in [-0.05, 0) is 49.7 Å². The molecule has 1 aromatic heterocycles. The molecule has 0 saturated carbocycles. The van der Waals surface area contributed by atoms with Crippen molar-refractivity contribution in [2.75, 3.05) is 0 Å². The molecule has 1 unspecified atom stereocenters. The van der Waals surface area contributed by atoms with Gasteiger partial charge < -0.3 is 0 Å². The van der Waals surface area contributed by atoms with Crippen LogP contribution in [0.25, 0.3) is 10.9 Å². The number of sulfone groups is 1. The molecule has 7 heteroatoms. The van der Waals surface area contributed by atoms with Crippen LogP contribution in [0.2, 0.25) is 0 Å². The molecule has 6 nitrogen and oxygen atoms in total. The minimum atomic E-state index is -3.77. The van der Waals surface area contributed by atoms with Crippen LogP contribution in [-0.2, 0) is 9.84 Å². The van der Waals surface area contributed by atoms with Crippen molar-refractivity contribution in [1.29, 1.82) is 0 Å². The number of pyridine rings is 1. The lowest BCUT2D eigenvalue weighted by molar-refractivity contribution is -0.383. The highest BCUT2D eigenvalue weighted by Gasteiger charge is 2.34. The average molecular weight is 370 g/mol. The smallest absolute Gasteiger partial charge is 0.258 e. The third kappa shape index (κ3) is 3.06.